The number of thiocarbonyl (C=S) groups is 1. The molecule has 2 N–H and O–H groups in total. The van der Waals surface area contributed by atoms with Crippen molar-refractivity contribution in [3.63, 3.8) is 0 Å². The Morgan fingerprint density at radius 2 is 1.87 bits per heavy atom. The standard InChI is InChI=1S/C17H18N2O3S/c1-21-15-8-6-12(7-9-15)11-18-17(23)19-14-5-3-4-13(10-14)16(20)22-2/h3-10H,11H2,1-2H3,(H2,18,19,23). The van der Waals surface area contributed by atoms with Crippen LogP contribution in [-0.4, -0.2) is 25.3 Å². The van der Waals surface area contributed by atoms with Crippen LogP contribution in [0.3, 0.4) is 0 Å². The second-order valence-corrected chi connectivity index (χ2v) is 5.14. The van der Waals surface area contributed by atoms with Gasteiger partial charge in [-0.2, -0.15) is 0 Å². The van der Waals surface area contributed by atoms with Gasteiger partial charge < -0.3 is 20.1 Å². The Balaban J connectivity index is 1.90. The van der Waals surface area contributed by atoms with E-state index in [1.807, 2.05) is 30.3 Å². The molecule has 6 heteroatoms. The molecule has 2 rings (SSSR count). The lowest BCUT2D eigenvalue weighted by Gasteiger charge is -2.11. The van der Waals surface area contributed by atoms with Crippen LogP contribution in [0, 0.1) is 0 Å². The molecule has 5 nitrogen and oxygen atoms in total. The van der Waals surface area contributed by atoms with E-state index in [0.717, 1.165) is 17.0 Å². The number of rotatable bonds is 5. The summed E-state index contributed by atoms with van der Waals surface area (Å²) in [5.41, 5.74) is 2.27. The van der Waals surface area contributed by atoms with E-state index in [-0.39, 0.29) is 5.97 Å². The number of carbonyl (C=O) groups is 1. The van der Waals surface area contributed by atoms with Crippen LogP contribution in [0.1, 0.15) is 15.9 Å². The van der Waals surface area contributed by atoms with Crippen LogP contribution in [0.4, 0.5) is 5.69 Å². The molecular weight excluding hydrogens is 312 g/mol. The third kappa shape index (κ3) is 4.96. The van der Waals surface area contributed by atoms with E-state index in [1.165, 1.54) is 7.11 Å². The molecule has 2 aromatic rings. The van der Waals surface area contributed by atoms with Crippen molar-refractivity contribution in [1.82, 2.24) is 5.32 Å². The van der Waals surface area contributed by atoms with Crippen LogP contribution in [0.5, 0.6) is 5.75 Å². The SMILES string of the molecule is COC(=O)c1cccc(NC(=S)NCc2ccc(OC)cc2)c1. The zero-order valence-electron chi connectivity index (χ0n) is 13.0. The second kappa shape index (κ2) is 8.14. The van der Waals surface area contributed by atoms with Crippen molar-refractivity contribution in [2.75, 3.05) is 19.5 Å². The highest BCUT2D eigenvalue weighted by Crippen LogP contribution is 2.13. The number of hydrogen-bond acceptors (Lipinski definition) is 4. The summed E-state index contributed by atoms with van der Waals surface area (Å²) in [7, 11) is 2.98. The van der Waals surface area contributed by atoms with Crippen molar-refractivity contribution in [2.45, 2.75) is 6.54 Å². The van der Waals surface area contributed by atoms with E-state index in [2.05, 4.69) is 10.6 Å². The summed E-state index contributed by atoms with van der Waals surface area (Å²) in [5, 5.41) is 6.63. The van der Waals surface area contributed by atoms with Gasteiger partial charge in [0.1, 0.15) is 5.75 Å². The van der Waals surface area contributed by atoms with Gasteiger partial charge in [0, 0.05) is 12.2 Å². The predicted molar refractivity (Wildman–Crippen MR) is 93.8 cm³/mol. The smallest absolute Gasteiger partial charge is 0.337 e. The maximum absolute atomic E-state index is 11.5. The molecule has 0 saturated heterocycles. The number of esters is 1. The Bertz CT molecular complexity index is 686. The van der Waals surface area contributed by atoms with Crippen molar-refractivity contribution in [1.29, 1.82) is 0 Å². The quantitative estimate of drug-likeness (QED) is 0.649. The van der Waals surface area contributed by atoms with Gasteiger partial charge in [0.15, 0.2) is 5.11 Å². The summed E-state index contributed by atoms with van der Waals surface area (Å²) in [6.45, 7) is 0.590. The van der Waals surface area contributed by atoms with Crippen LogP contribution in [0.15, 0.2) is 48.5 Å². The van der Waals surface area contributed by atoms with Gasteiger partial charge in [-0.15, -0.1) is 0 Å². The minimum absolute atomic E-state index is 0.384. The molecule has 0 bridgehead atoms. The van der Waals surface area contributed by atoms with Gasteiger partial charge in [0.05, 0.1) is 19.8 Å². The Hall–Kier alpha value is -2.60. The molecule has 0 amide bonds. The van der Waals surface area contributed by atoms with E-state index in [0.29, 0.717) is 17.2 Å². The molecule has 120 valence electrons. The summed E-state index contributed by atoms with van der Waals surface area (Å²) in [6, 6.07) is 14.7. The molecule has 0 spiro atoms. The normalized spacial score (nSPS) is 9.83. The number of anilines is 1. The monoisotopic (exact) mass is 330 g/mol. The predicted octanol–water partition coefficient (Wildman–Crippen LogP) is 2.97. The van der Waals surface area contributed by atoms with Crippen LogP contribution in [-0.2, 0) is 11.3 Å². The molecule has 0 aliphatic rings. The summed E-state index contributed by atoms with van der Waals surface area (Å²) < 4.78 is 9.81. The van der Waals surface area contributed by atoms with Gasteiger partial charge in [0.25, 0.3) is 0 Å². The molecule has 0 unspecified atom stereocenters. The molecule has 0 atom stereocenters. The fraction of sp³-hybridized carbons (Fsp3) is 0.176. The maximum atomic E-state index is 11.5. The summed E-state index contributed by atoms with van der Waals surface area (Å²) in [5.74, 6) is 0.430. The average molecular weight is 330 g/mol. The highest BCUT2D eigenvalue weighted by atomic mass is 32.1. The van der Waals surface area contributed by atoms with Crippen LogP contribution in [0.25, 0.3) is 0 Å². The zero-order valence-corrected chi connectivity index (χ0v) is 13.8. The molecule has 0 fully saturated rings. The van der Waals surface area contributed by atoms with Crippen molar-refractivity contribution >= 4 is 29.0 Å². The third-order valence-corrected chi connectivity index (χ3v) is 3.40. The van der Waals surface area contributed by atoms with E-state index < -0.39 is 0 Å². The first-order valence-electron chi connectivity index (χ1n) is 6.98. The number of ether oxygens (including phenoxy) is 2. The lowest BCUT2D eigenvalue weighted by atomic mass is 10.2. The van der Waals surface area contributed by atoms with Crippen molar-refractivity contribution in [3.8, 4) is 5.75 Å². The molecule has 0 aromatic heterocycles. The summed E-state index contributed by atoms with van der Waals surface area (Å²) in [6.07, 6.45) is 0. The molecule has 23 heavy (non-hydrogen) atoms. The first kappa shape index (κ1) is 16.8. The average Bonchev–Trinajstić information content (AvgIpc) is 2.60. The van der Waals surface area contributed by atoms with Crippen LogP contribution in [0.2, 0.25) is 0 Å². The van der Waals surface area contributed by atoms with Crippen molar-refractivity contribution < 1.29 is 14.3 Å². The minimum atomic E-state index is -0.384. The van der Waals surface area contributed by atoms with Gasteiger partial charge in [-0.3, -0.25) is 0 Å². The number of nitrogens with one attached hydrogen (secondary N) is 2. The molecule has 0 aliphatic carbocycles. The minimum Gasteiger partial charge on any atom is -0.497 e. The number of benzene rings is 2. The van der Waals surface area contributed by atoms with Gasteiger partial charge in [-0.25, -0.2) is 4.79 Å². The second-order valence-electron chi connectivity index (χ2n) is 4.73. The number of carbonyl (C=O) groups excluding carboxylic acids is 1. The Kier molecular flexibility index (Phi) is 5.94. The maximum Gasteiger partial charge on any atom is 0.337 e. The van der Waals surface area contributed by atoms with E-state index in [1.54, 1.807) is 25.3 Å². The first-order valence-corrected chi connectivity index (χ1v) is 7.39. The van der Waals surface area contributed by atoms with Gasteiger partial charge >= 0.3 is 5.97 Å². The Morgan fingerprint density at radius 1 is 1.13 bits per heavy atom. The van der Waals surface area contributed by atoms with Gasteiger partial charge in [0.2, 0.25) is 0 Å². The molecule has 0 heterocycles. The third-order valence-electron chi connectivity index (χ3n) is 3.15. The Labute approximate surface area is 140 Å². The fourth-order valence-electron chi connectivity index (χ4n) is 1.94. The largest absolute Gasteiger partial charge is 0.497 e. The lowest BCUT2D eigenvalue weighted by Crippen LogP contribution is -2.27. The molecule has 0 radical (unpaired) electrons. The van der Waals surface area contributed by atoms with Crippen LogP contribution < -0.4 is 15.4 Å². The molecular formula is C17H18N2O3S. The van der Waals surface area contributed by atoms with E-state index >= 15 is 0 Å². The van der Waals surface area contributed by atoms with Crippen molar-refractivity contribution in [2.24, 2.45) is 0 Å². The summed E-state index contributed by atoms with van der Waals surface area (Å²) >= 11 is 5.26. The lowest BCUT2D eigenvalue weighted by molar-refractivity contribution is 0.0601. The Morgan fingerprint density at radius 3 is 2.52 bits per heavy atom. The number of methoxy groups -OCH3 is 2. The first-order chi connectivity index (χ1) is 11.1. The fourth-order valence-corrected chi connectivity index (χ4v) is 2.13. The van der Waals surface area contributed by atoms with E-state index in [9.17, 15) is 4.79 Å². The van der Waals surface area contributed by atoms with Crippen molar-refractivity contribution in [3.05, 3.63) is 59.7 Å². The molecule has 0 aliphatic heterocycles. The highest BCUT2D eigenvalue weighted by Gasteiger charge is 2.06. The van der Waals surface area contributed by atoms with Gasteiger partial charge in [-0.1, -0.05) is 18.2 Å². The summed E-state index contributed by atoms with van der Waals surface area (Å²) in [4.78, 5) is 11.5. The molecule has 2 aromatic carbocycles. The topological polar surface area (TPSA) is 59.6 Å². The molecule has 0 saturated carbocycles. The van der Waals surface area contributed by atoms with E-state index in [4.69, 9.17) is 21.7 Å². The highest BCUT2D eigenvalue weighted by molar-refractivity contribution is 7.80. The zero-order chi connectivity index (χ0) is 16.7. The number of hydrogen-bond donors (Lipinski definition) is 2. The van der Waals surface area contributed by atoms with Crippen LogP contribution >= 0.6 is 12.2 Å². The van der Waals surface area contributed by atoms with Gasteiger partial charge in [-0.05, 0) is 48.1 Å².